The lowest BCUT2D eigenvalue weighted by atomic mass is 9.94. The molecular weight excluding hydrogens is 311 g/mol. The molecule has 1 aliphatic rings. The highest BCUT2D eigenvalue weighted by molar-refractivity contribution is 6.10. The van der Waals surface area contributed by atoms with Crippen LogP contribution in [0.3, 0.4) is 0 Å². The van der Waals surface area contributed by atoms with Crippen molar-refractivity contribution in [3.63, 3.8) is 0 Å². The second kappa shape index (κ2) is 7.28. The third-order valence-corrected chi connectivity index (χ3v) is 3.46. The molecule has 116 valence electrons. The Morgan fingerprint density at radius 2 is 1.81 bits per heavy atom. The number of nitrogen functional groups attached to an aromatic ring is 1. The van der Waals surface area contributed by atoms with Crippen LogP contribution in [0, 0.1) is 24.7 Å². The van der Waals surface area contributed by atoms with Gasteiger partial charge < -0.3 is 11.5 Å². The zero-order valence-corrected chi connectivity index (χ0v) is 13.5. The summed E-state index contributed by atoms with van der Waals surface area (Å²) in [5, 5.41) is 19.0. The summed E-state index contributed by atoms with van der Waals surface area (Å²) in [6, 6.07) is 1.96. The third kappa shape index (κ3) is 3.65. The molecule has 0 atom stereocenters. The van der Waals surface area contributed by atoms with Crippen molar-refractivity contribution in [2.24, 2.45) is 16.6 Å². The van der Waals surface area contributed by atoms with Crippen LogP contribution in [0.5, 0.6) is 0 Å². The van der Waals surface area contributed by atoms with Gasteiger partial charge in [0.25, 0.3) is 0 Å². The van der Waals surface area contributed by atoms with Crippen molar-refractivity contribution in [1.82, 2.24) is 5.43 Å². The van der Waals surface area contributed by atoms with E-state index in [0.29, 0.717) is 0 Å². The SMILES string of the molecule is Cc1cc(C(=N)N)c2c(c1C)C(=NNC(=N)N)CC2.Cl.Cl. The molecule has 0 radical (unpaired) electrons. The average molecular weight is 331 g/mol. The van der Waals surface area contributed by atoms with Gasteiger partial charge in [0, 0.05) is 11.1 Å². The largest absolute Gasteiger partial charge is 0.384 e. The molecule has 8 heteroatoms. The Balaban J connectivity index is 0.00000200. The standard InChI is InChI=1S/C13H18N6.2ClH/c1-6-5-9(12(14)15)8-3-4-10(11(8)7(6)2)18-19-13(16)17;;/h5H,3-4H2,1-2H3,(H3,14,15)(H4,16,17,19);2*1H. The highest BCUT2D eigenvalue weighted by atomic mass is 35.5. The zero-order valence-electron chi connectivity index (χ0n) is 11.9. The molecule has 6 nitrogen and oxygen atoms in total. The van der Waals surface area contributed by atoms with Crippen LogP contribution in [-0.4, -0.2) is 17.5 Å². The first kappa shape index (κ1) is 19.2. The molecule has 1 aromatic carbocycles. The maximum Gasteiger partial charge on any atom is 0.206 e. The monoisotopic (exact) mass is 330 g/mol. The van der Waals surface area contributed by atoms with Gasteiger partial charge in [-0.15, -0.1) is 24.8 Å². The Hall–Kier alpha value is -1.79. The molecule has 0 saturated carbocycles. The van der Waals surface area contributed by atoms with E-state index in [4.69, 9.17) is 22.3 Å². The molecule has 0 fully saturated rings. The Labute approximate surface area is 136 Å². The minimum Gasteiger partial charge on any atom is -0.384 e. The van der Waals surface area contributed by atoms with Crippen LogP contribution >= 0.6 is 24.8 Å². The van der Waals surface area contributed by atoms with Crippen LogP contribution in [0.25, 0.3) is 0 Å². The van der Waals surface area contributed by atoms with E-state index < -0.39 is 0 Å². The second-order valence-corrected chi connectivity index (χ2v) is 4.72. The third-order valence-electron chi connectivity index (χ3n) is 3.46. The normalized spacial score (nSPS) is 13.9. The molecule has 0 spiro atoms. The summed E-state index contributed by atoms with van der Waals surface area (Å²) in [6.07, 6.45) is 1.57. The fourth-order valence-corrected chi connectivity index (χ4v) is 2.47. The Kier molecular flexibility index (Phi) is 6.66. The van der Waals surface area contributed by atoms with Crippen LogP contribution in [0.4, 0.5) is 0 Å². The fraction of sp³-hybridized carbons (Fsp3) is 0.308. The van der Waals surface area contributed by atoms with Crippen LogP contribution < -0.4 is 16.9 Å². The Morgan fingerprint density at radius 3 is 2.33 bits per heavy atom. The maximum absolute atomic E-state index is 7.68. The number of benzene rings is 1. The fourth-order valence-electron chi connectivity index (χ4n) is 2.47. The van der Waals surface area contributed by atoms with Crippen LogP contribution in [0.15, 0.2) is 11.2 Å². The molecule has 21 heavy (non-hydrogen) atoms. The molecule has 0 amide bonds. The minimum atomic E-state index is -0.182. The van der Waals surface area contributed by atoms with Crippen molar-refractivity contribution in [1.29, 1.82) is 10.8 Å². The molecule has 0 unspecified atom stereocenters. The predicted molar refractivity (Wildman–Crippen MR) is 91.3 cm³/mol. The number of nitrogens with two attached hydrogens (primary N) is 2. The van der Waals surface area contributed by atoms with Gasteiger partial charge in [0.05, 0.1) is 5.71 Å². The molecular formula is C13H20Cl2N6. The van der Waals surface area contributed by atoms with Crippen LogP contribution in [0.2, 0.25) is 0 Å². The van der Waals surface area contributed by atoms with Gasteiger partial charge in [0.15, 0.2) is 0 Å². The molecule has 0 aromatic heterocycles. The van der Waals surface area contributed by atoms with Crippen LogP contribution in [-0.2, 0) is 6.42 Å². The quantitative estimate of drug-likeness (QED) is 0.321. The van der Waals surface area contributed by atoms with E-state index in [1.165, 1.54) is 0 Å². The molecule has 0 heterocycles. The highest BCUT2D eigenvalue weighted by Gasteiger charge is 2.25. The molecule has 2 rings (SSSR count). The number of aryl methyl sites for hydroxylation is 1. The summed E-state index contributed by atoms with van der Waals surface area (Å²) in [7, 11) is 0. The summed E-state index contributed by atoms with van der Waals surface area (Å²) in [5.41, 5.74) is 19.4. The van der Waals surface area contributed by atoms with Crippen molar-refractivity contribution < 1.29 is 0 Å². The van der Waals surface area contributed by atoms with E-state index in [2.05, 4.69) is 10.5 Å². The lowest BCUT2D eigenvalue weighted by molar-refractivity contribution is 0.976. The number of hydrogen-bond donors (Lipinski definition) is 5. The number of rotatable bonds is 2. The number of hydrogen-bond acceptors (Lipinski definition) is 3. The first-order valence-corrected chi connectivity index (χ1v) is 6.06. The van der Waals surface area contributed by atoms with Crippen molar-refractivity contribution in [2.45, 2.75) is 26.7 Å². The predicted octanol–water partition coefficient (Wildman–Crippen LogP) is 1.56. The van der Waals surface area contributed by atoms with Gasteiger partial charge in [-0.2, -0.15) is 5.10 Å². The van der Waals surface area contributed by atoms with Gasteiger partial charge >= 0.3 is 0 Å². The average Bonchev–Trinajstić information content (AvgIpc) is 2.74. The second-order valence-electron chi connectivity index (χ2n) is 4.72. The number of hydrazone groups is 1. The number of nitrogens with one attached hydrogen (secondary N) is 3. The van der Waals surface area contributed by atoms with Crippen molar-refractivity contribution in [3.05, 3.63) is 33.9 Å². The number of halogens is 2. The number of amidine groups is 1. The van der Waals surface area contributed by atoms with Crippen LogP contribution in [0.1, 0.15) is 34.2 Å². The highest BCUT2D eigenvalue weighted by Crippen LogP contribution is 2.30. The first-order valence-electron chi connectivity index (χ1n) is 6.06. The van der Waals surface area contributed by atoms with Crippen molar-refractivity contribution in [2.75, 3.05) is 0 Å². The topological polar surface area (TPSA) is 124 Å². The molecule has 0 aliphatic heterocycles. The van der Waals surface area contributed by atoms with Gasteiger partial charge in [-0.3, -0.25) is 10.8 Å². The number of nitrogens with zero attached hydrogens (tertiary/aromatic N) is 1. The molecule has 7 N–H and O–H groups in total. The number of fused-ring (bicyclic) bond motifs is 1. The lowest BCUT2D eigenvalue weighted by Crippen LogP contribution is -2.26. The van der Waals surface area contributed by atoms with E-state index in [0.717, 1.165) is 46.4 Å². The minimum absolute atomic E-state index is 0. The summed E-state index contributed by atoms with van der Waals surface area (Å²) in [6.45, 7) is 4.03. The maximum atomic E-state index is 7.68. The van der Waals surface area contributed by atoms with E-state index >= 15 is 0 Å². The molecule has 0 saturated heterocycles. The zero-order chi connectivity index (χ0) is 14.2. The molecule has 1 aliphatic carbocycles. The van der Waals surface area contributed by atoms with E-state index in [1.807, 2.05) is 19.9 Å². The van der Waals surface area contributed by atoms with Crippen molar-refractivity contribution >= 4 is 42.3 Å². The van der Waals surface area contributed by atoms with E-state index in [-0.39, 0.29) is 36.6 Å². The smallest absolute Gasteiger partial charge is 0.206 e. The molecule has 1 aromatic rings. The van der Waals surface area contributed by atoms with Crippen molar-refractivity contribution in [3.8, 4) is 0 Å². The van der Waals surface area contributed by atoms with Gasteiger partial charge in [0.1, 0.15) is 5.84 Å². The summed E-state index contributed by atoms with van der Waals surface area (Å²) < 4.78 is 0. The van der Waals surface area contributed by atoms with Gasteiger partial charge in [-0.25, -0.2) is 5.43 Å². The Morgan fingerprint density at radius 1 is 1.19 bits per heavy atom. The summed E-state index contributed by atoms with van der Waals surface area (Å²) in [4.78, 5) is 0. The Bertz CT molecular complexity index is 609. The first-order chi connectivity index (χ1) is 8.91. The van der Waals surface area contributed by atoms with Gasteiger partial charge in [0.2, 0.25) is 5.96 Å². The molecule has 0 bridgehead atoms. The summed E-state index contributed by atoms with van der Waals surface area (Å²) >= 11 is 0. The van der Waals surface area contributed by atoms with Gasteiger partial charge in [-0.1, -0.05) is 0 Å². The van der Waals surface area contributed by atoms with E-state index in [1.54, 1.807) is 0 Å². The van der Waals surface area contributed by atoms with E-state index in [9.17, 15) is 0 Å². The summed E-state index contributed by atoms with van der Waals surface area (Å²) in [5.74, 6) is -0.0989. The van der Waals surface area contributed by atoms with Gasteiger partial charge in [-0.05, 0) is 49.4 Å². The number of guanidine groups is 1. The lowest BCUT2D eigenvalue weighted by Gasteiger charge is -2.13.